The van der Waals surface area contributed by atoms with Gasteiger partial charge >= 0.3 is 0 Å². The van der Waals surface area contributed by atoms with E-state index < -0.39 is 28.9 Å². The number of hydrogen-bond donors (Lipinski definition) is 3. The quantitative estimate of drug-likeness (QED) is 0.129. The van der Waals surface area contributed by atoms with Crippen LogP contribution in [0.3, 0.4) is 0 Å². The summed E-state index contributed by atoms with van der Waals surface area (Å²) in [5.41, 5.74) is 3.70. The predicted molar refractivity (Wildman–Crippen MR) is 177 cm³/mol. The molecule has 0 radical (unpaired) electrons. The molecule has 0 aliphatic heterocycles. The highest BCUT2D eigenvalue weighted by Crippen LogP contribution is 2.35. The lowest BCUT2D eigenvalue weighted by molar-refractivity contribution is 0.101. The Morgan fingerprint density at radius 2 is 1.68 bits per heavy atom. The lowest BCUT2D eigenvalue weighted by Gasteiger charge is -2.12. The fourth-order valence-electron chi connectivity index (χ4n) is 5.15. The van der Waals surface area contributed by atoms with Crippen LogP contribution in [0.25, 0.3) is 28.0 Å². The molecule has 0 fully saturated rings. The second-order valence-electron chi connectivity index (χ2n) is 11.1. The maximum atomic E-state index is 14.9. The van der Waals surface area contributed by atoms with E-state index in [9.17, 15) is 18.0 Å². The zero-order chi connectivity index (χ0) is 32.9. The van der Waals surface area contributed by atoms with Gasteiger partial charge in [-0.1, -0.05) is 24.3 Å². The molecule has 0 saturated carbocycles. The minimum Gasteiger partial charge on any atom is -0.383 e. The van der Waals surface area contributed by atoms with Gasteiger partial charge in [0.05, 0.1) is 22.5 Å². The Morgan fingerprint density at radius 3 is 2.47 bits per heavy atom. The van der Waals surface area contributed by atoms with E-state index in [0.29, 0.717) is 46.1 Å². The smallest absolute Gasteiger partial charge is 0.261 e. The minimum atomic E-state index is -0.958. The van der Waals surface area contributed by atoms with Crippen LogP contribution >= 0.6 is 0 Å². The summed E-state index contributed by atoms with van der Waals surface area (Å²) >= 11 is 0. The molecule has 3 aromatic heterocycles. The molecule has 0 spiro atoms. The third-order valence-corrected chi connectivity index (χ3v) is 7.36. The van der Waals surface area contributed by atoms with Crippen LogP contribution in [0.15, 0.2) is 97.3 Å². The molecule has 3 heterocycles. The zero-order valence-electron chi connectivity index (χ0n) is 25.6. The number of fused-ring (bicyclic) bond motifs is 1. The van der Waals surface area contributed by atoms with Crippen LogP contribution < -0.4 is 16.0 Å². The second-order valence-corrected chi connectivity index (χ2v) is 11.1. The Labute approximate surface area is 269 Å². The van der Waals surface area contributed by atoms with Crippen molar-refractivity contribution in [3.05, 3.63) is 120 Å². The first-order valence-corrected chi connectivity index (χ1v) is 14.9. The molecule has 238 valence electrons. The summed E-state index contributed by atoms with van der Waals surface area (Å²) in [4.78, 5) is 23.9. The van der Waals surface area contributed by atoms with Crippen molar-refractivity contribution in [1.82, 2.24) is 24.5 Å². The molecule has 9 nitrogen and oxygen atoms in total. The van der Waals surface area contributed by atoms with Crippen LogP contribution in [-0.2, 0) is 0 Å². The van der Waals surface area contributed by atoms with Crippen molar-refractivity contribution >= 4 is 34.4 Å². The Morgan fingerprint density at radius 1 is 0.872 bits per heavy atom. The SMILES string of the molecule is CN(C)CCCNc1ccc(Nc2nccc(-c3c(-c4cccc(NC(=O)c5c(F)cccc5F)c4)nn4ccccc34)n2)cc1F. The van der Waals surface area contributed by atoms with Crippen LogP contribution in [0.2, 0.25) is 0 Å². The highest BCUT2D eigenvalue weighted by molar-refractivity contribution is 6.05. The summed E-state index contributed by atoms with van der Waals surface area (Å²) in [5.74, 6) is -2.97. The van der Waals surface area contributed by atoms with E-state index in [4.69, 9.17) is 10.1 Å². The molecular weight excluding hydrogens is 605 g/mol. The fraction of sp³-hybridized carbons (Fsp3) is 0.143. The summed E-state index contributed by atoms with van der Waals surface area (Å²) in [6.07, 6.45) is 4.27. The van der Waals surface area contributed by atoms with Gasteiger partial charge in [0.25, 0.3) is 5.91 Å². The second kappa shape index (κ2) is 13.7. The van der Waals surface area contributed by atoms with Crippen molar-refractivity contribution < 1.29 is 18.0 Å². The van der Waals surface area contributed by atoms with Crippen molar-refractivity contribution in [2.24, 2.45) is 0 Å². The first-order chi connectivity index (χ1) is 22.8. The van der Waals surface area contributed by atoms with E-state index in [-0.39, 0.29) is 5.95 Å². The topological polar surface area (TPSA) is 99.5 Å². The van der Waals surface area contributed by atoms with Crippen LogP contribution in [0.1, 0.15) is 16.8 Å². The van der Waals surface area contributed by atoms with Crippen LogP contribution in [0.5, 0.6) is 0 Å². The standard InChI is InChI=1S/C35H31F3N8O/c1-45(2)18-7-16-39-28-14-13-24(21-27(28)38)42-35-40-17-15-29(43-35)32-30-12-3-4-19-46(30)44-33(32)22-8-5-9-23(20-22)41-34(47)31-25(36)10-6-11-26(31)37/h3-6,8-15,17,19-21,39H,7,16,18H2,1-2H3,(H,41,47)(H,40,42,43). The Hall–Kier alpha value is -5.75. The van der Waals surface area contributed by atoms with Gasteiger partial charge in [-0.2, -0.15) is 5.10 Å². The summed E-state index contributed by atoms with van der Waals surface area (Å²) in [6, 6.07) is 22.2. The molecule has 0 unspecified atom stereocenters. The molecule has 3 aromatic carbocycles. The van der Waals surface area contributed by atoms with Crippen LogP contribution in [0.4, 0.5) is 36.2 Å². The van der Waals surface area contributed by atoms with Gasteiger partial charge in [0.1, 0.15) is 28.7 Å². The molecular formula is C35H31F3N8O. The van der Waals surface area contributed by atoms with Gasteiger partial charge < -0.3 is 20.9 Å². The number of pyridine rings is 1. The number of hydrogen-bond acceptors (Lipinski definition) is 7. The number of anilines is 4. The lowest BCUT2D eigenvalue weighted by atomic mass is 10.0. The molecule has 0 bridgehead atoms. The van der Waals surface area contributed by atoms with Gasteiger partial charge in [0.2, 0.25) is 5.95 Å². The van der Waals surface area contributed by atoms with E-state index in [0.717, 1.165) is 30.6 Å². The molecule has 6 aromatic rings. The predicted octanol–water partition coefficient (Wildman–Crippen LogP) is 7.24. The minimum absolute atomic E-state index is 0.253. The number of nitrogens with one attached hydrogen (secondary N) is 3. The molecule has 0 saturated heterocycles. The summed E-state index contributed by atoms with van der Waals surface area (Å²) < 4.78 is 45.1. The number of carbonyl (C=O) groups is 1. The molecule has 6 rings (SSSR count). The van der Waals surface area contributed by atoms with Gasteiger partial charge in [-0.25, -0.2) is 27.7 Å². The molecule has 0 atom stereocenters. The largest absolute Gasteiger partial charge is 0.383 e. The van der Waals surface area contributed by atoms with Gasteiger partial charge in [0, 0.05) is 35.9 Å². The lowest BCUT2D eigenvalue weighted by Crippen LogP contribution is -2.16. The van der Waals surface area contributed by atoms with Crippen molar-refractivity contribution in [3.8, 4) is 22.5 Å². The summed E-state index contributed by atoms with van der Waals surface area (Å²) in [6.45, 7) is 1.55. The van der Waals surface area contributed by atoms with E-state index in [2.05, 4.69) is 25.8 Å². The van der Waals surface area contributed by atoms with Gasteiger partial charge in [0.15, 0.2) is 0 Å². The summed E-state index contributed by atoms with van der Waals surface area (Å²) in [7, 11) is 3.99. The Balaban J connectivity index is 1.28. The molecule has 3 N–H and O–H groups in total. The average Bonchev–Trinajstić information content (AvgIpc) is 3.44. The van der Waals surface area contributed by atoms with Gasteiger partial charge in [-0.3, -0.25) is 4.79 Å². The first kappa shape index (κ1) is 31.2. The number of carbonyl (C=O) groups excluding carboxylic acids is 1. The maximum Gasteiger partial charge on any atom is 0.261 e. The van der Waals surface area contributed by atoms with Crippen LogP contribution in [-0.4, -0.2) is 57.6 Å². The van der Waals surface area contributed by atoms with Crippen molar-refractivity contribution in [3.63, 3.8) is 0 Å². The number of nitrogens with zero attached hydrogens (tertiary/aromatic N) is 5. The van der Waals surface area contributed by atoms with E-state index in [1.807, 2.05) is 38.4 Å². The van der Waals surface area contributed by atoms with E-state index in [1.165, 1.54) is 12.1 Å². The first-order valence-electron chi connectivity index (χ1n) is 14.9. The molecule has 12 heteroatoms. The highest BCUT2D eigenvalue weighted by atomic mass is 19.1. The zero-order valence-corrected chi connectivity index (χ0v) is 25.6. The number of halogens is 3. The van der Waals surface area contributed by atoms with Crippen LogP contribution in [0, 0.1) is 17.5 Å². The summed E-state index contributed by atoms with van der Waals surface area (Å²) in [5, 5.41) is 13.6. The Bertz CT molecular complexity index is 2040. The average molecular weight is 637 g/mol. The van der Waals surface area contributed by atoms with Crippen molar-refractivity contribution in [2.45, 2.75) is 6.42 Å². The van der Waals surface area contributed by atoms with E-state index in [1.54, 1.807) is 53.3 Å². The molecule has 47 heavy (non-hydrogen) atoms. The molecule has 0 aliphatic carbocycles. The van der Waals surface area contributed by atoms with Crippen molar-refractivity contribution in [1.29, 1.82) is 0 Å². The normalized spacial score (nSPS) is 11.2. The fourth-order valence-corrected chi connectivity index (χ4v) is 5.15. The van der Waals surface area contributed by atoms with E-state index >= 15 is 0 Å². The third-order valence-electron chi connectivity index (χ3n) is 7.36. The van der Waals surface area contributed by atoms with Gasteiger partial charge in [-0.05, 0) is 87.7 Å². The number of benzene rings is 3. The maximum absolute atomic E-state index is 14.9. The Kier molecular flexibility index (Phi) is 9.11. The number of amides is 1. The molecule has 0 aliphatic rings. The van der Waals surface area contributed by atoms with Crippen molar-refractivity contribution in [2.75, 3.05) is 43.1 Å². The van der Waals surface area contributed by atoms with Gasteiger partial charge in [-0.15, -0.1) is 0 Å². The number of aromatic nitrogens is 4. The third kappa shape index (κ3) is 7.07. The molecule has 1 amide bonds. The highest BCUT2D eigenvalue weighted by Gasteiger charge is 2.20. The number of rotatable bonds is 11. The monoisotopic (exact) mass is 636 g/mol.